The Morgan fingerprint density at radius 1 is 1.38 bits per heavy atom. The van der Waals surface area contributed by atoms with E-state index in [-0.39, 0.29) is 17.7 Å². The van der Waals surface area contributed by atoms with E-state index in [1.165, 1.54) is 11.8 Å². The van der Waals surface area contributed by atoms with Gasteiger partial charge in [0.2, 0.25) is 5.82 Å². The topological polar surface area (TPSA) is 81.4 Å². The van der Waals surface area contributed by atoms with Crippen molar-refractivity contribution in [2.75, 3.05) is 35.8 Å². The molecule has 0 spiro atoms. The Balaban J connectivity index is 2.51. The maximum absolute atomic E-state index is 11.5. The highest BCUT2D eigenvalue weighted by molar-refractivity contribution is 7.99. The first-order chi connectivity index (χ1) is 10.0. The third kappa shape index (κ3) is 3.91. The summed E-state index contributed by atoms with van der Waals surface area (Å²) in [6.07, 6.45) is 1.66. The lowest BCUT2D eigenvalue weighted by Crippen LogP contribution is -2.34. The predicted molar refractivity (Wildman–Crippen MR) is 85.8 cm³/mol. The summed E-state index contributed by atoms with van der Waals surface area (Å²) in [5, 5.41) is 12.0. The zero-order chi connectivity index (χ0) is 15.4. The van der Waals surface area contributed by atoms with Gasteiger partial charge in [-0.3, -0.25) is 10.1 Å². The van der Waals surface area contributed by atoms with Gasteiger partial charge in [0.15, 0.2) is 5.16 Å². The molecule has 0 atom stereocenters. The van der Waals surface area contributed by atoms with Crippen LogP contribution in [0.2, 0.25) is 0 Å². The minimum atomic E-state index is -0.446. The van der Waals surface area contributed by atoms with Crippen molar-refractivity contribution in [3.05, 3.63) is 10.1 Å². The number of hydrogen-bond acceptors (Lipinski definition) is 8. The van der Waals surface area contributed by atoms with Crippen LogP contribution in [0.25, 0.3) is 0 Å². The van der Waals surface area contributed by atoms with E-state index in [0.29, 0.717) is 11.0 Å². The zero-order valence-electron chi connectivity index (χ0n) is 12.2. The summed E-state index contributed by atoms with van der Waals surface area (Å²) in [5.74, 6) is 2.31. The molecular formula is C12H18N4O3S2. The van der Waals surface area contributed by atoms with Crippen molar-refractivity contribution in [1.82, 2.24) is 9.97 Å². The number of nitrogens with zero attached hydrogens (tertiary/aromatic N) is 4. The second kappa shape index (κ2) is 7.17. The Kier molecular flexibility index (Phi) is 5.51. The van der Waals surface area contributed by atoms with Gasteiger partial charge in [-0.1, -0.05) is 11.8 Å². The van der Waals surface area contributed by atoms with Crippen LogP contribution in [-0.2, 0) is 0 Å². The normalized spacial score (nSPS) is 15.3. The quantitative estimate of drug-likeness (QED) is 0.352. The average Bonchev–Trinajstić information content (AvgIpc) is 2.46. The summed E-state index contributed by atoms with van der Waals surface area (Å²) in [7, 11) is 0. The molecule has 2 heterocycles. The van der Waals surface area contributed by atoms with Crippen LogP contribution in [0.3, 0.4) is 0 Å². The molecule has 0 bridgehead atoms. The number of anilines is 1. The molecule has 0 aromatic carbocycles. The lowest BCUT2D eigenvalue weighted by molar-refractivity contribution is -0.385. The molecule has 0 radical (unpaired) electrons. The summed E-state index contributed by atoms with van der Waals surface area (Å²) in [4.78, 5) is 21.5. The molecule has 1 aromatic heterocycles. The van der Waals surface area contributed by atoms with E-state index in [1.807, 2.05) is 36.8 Å². The standard InChI is InChI=1S/C12H18N4O3S2/c1-8(2)19-11-9(16(17)18)10(13-12(14-11)20-3)15-4-6-21-7-5-15/h8H,4-7H2,1-3H3. The van der Waals surface area contributed by atoms with Crippen molar-refractivity contribution in [2.24, 2.45) is 0 Å². The highest BCUT2D eigenvalue weighted by atomic mass is 32.2. The van der Waals surface area contributed by atoms with Gasteiger partial charge in [0.1, 0.15) is 0 Å². The Morgan fingerprint density at radius 2 is 2.05 bits per heavy atom. The molecule has 7 nitrogen and oxygen atoms in total. The number of nitro groups is 1. The third-order valence-electron chi connectivity index (χ3n) is 2.84. The molecule has 1 aromatic rings. The Labute approximate surface area is 132 Å². The number of thioether (sulfide) groups is 2. The van der Waals surface area contributed by atoms with Gasteiger partial charge in [0, 0.05) is 24.6 Å². The second-order valence-electron chi connectivity index (χ2n) is 4.71. The number of rotatable bonds is 5. The van der Waals surface area contributed by atoms with Crippen LogP contribution in [0.5, 0.6) is 5.88 Å². The first-order valence-electron chi connectivity index (χ1n) is 6.62. The minimum Gasteiger partial charge on any atom is -0.470 e. The van der Waals surface area contributed by atoms with Crippen LogP contribution in [0, 0.1) is 10.1 Å². The Hall–Kier alpha value is -1.22. The fraction of sp³-hybridized carbons (Fsp3) is 0.667. The van der Waals surface area contributed by atoms with E-state index in [2.05, 4.69) is 9.97 Å². The fourth-order valence-corrected chi connectivity index (χ4v) is 3.21. The van der Waals surface area contributed by atoms with Crippen molar-refractivity contribution < 1.29 is 9.66 Å². The summed E-state index contributed by atoms with van der Waals surface area (Å²) in [6.45, 7) is 5.14. The third-order valence-corrected chi connectivity index (χ3v) is 4.33. The van der Waals surface area contributed by atoms with Crippen molar-refractivity contribution in [2.45, 2.75) is 25.1 Å². The van der Waals surface area contributed by atoms with Crippen LogP contribution >= 0.6 is 23.5 Å². The number of ether oxygens (including phenoxy) is 1. The number of aromatic nitrogens is 2. The van der Waals surface area contributed by atoms with Gasteiger partial charge in [0.05, 0.1) is 11.0 Å². The van der Waals surface area contributed by atoms with E-state index in [9.17, 15) is 10.1 Å². The molecule has 0 saturated carbocycles. The summed E-state index contributed by atoms with van der Waals surface area (Å²) < 4.78 is 5.54. The highest BCUT2D eigenvalue weighted by Crippen LogP contribution is 2.37. The molecule has 1 aliphatic rings. The van der Waals surface area contributed by atoms with Gasteiger partial charge >= 0.3 is 11.6 Å². The van der Waals surface area contributed by atoms with Crippen molar-refractivity contribution in [1.29, 1.82) is 0 Å². The van der Waals surface area contributed by atoms with Gasteiger partial charge in [-0.2, -0.15) is 21.7 Å². The van der Waals surface area contributed by atoms with E-state index >= 15 is 0 Å². The molecule has 116 valence electrons. The van der Waals surface area contributed by atoms with E-state index in [4.69, 9.17) is 4.74 Å². The summed E-state index contributed by atoms with van der Waals surface area (Å²) >= 11 is 3.19. The molecule has 21 heavy (non-hydrogen) atoms. The van der Waals surface area contributed by atoms with Crippen molar-refractivity contribution in [3.8, 4) is 5.88 Å². The SMILES string of the molecule is CSc1nc(OC(C)C)c([N+](=O)[O-])c(N2CCSCC2)n1. The van der Waals surface area contributed by atoms with Gasteiger partial charge in [-0.25, -0.2) is 0 Å². The molecule has 0 N–H and O–H groups in total. The molecule has 2 rings (SSSR count). The minimum absolute atomic E-state index is 0.0579. The van der Waals surface area contributed by atoms with Crippen molar-refractivity contribution in [3.63, 3.8) is 0 Å². The average molecular weight is 330 g/mol. The smallest absolute Gasteiger partial charge is 0.373 e. The lowest BCUT2D eigenvalue weighted by Gasteiger charge is -2.27. The summed E-state index contributed by atoms with van der Waals surface area (Å²) in [6, 6.07) is 0. The van der Waals surface area contributed by atoms with Gasteiger partial charge in [0.25, 0.3) is 0 Å². The monoisotopic (exact) mass is 330 g/mol. The molecule has 0 amide bonds. The molecular weight excluding hydrogens is 312 g/mol. The Bertz CT molecular complexity index is 521. The highest BCUT2D eigenvalue weighted by Gasteiger charge is 2.31. The van der Waals surface area contributed by atoms with E-state index in [0.717, 1.165) is 24.6 Å². The van der Waals surface area contributed by atoms with E-state index in [1.54, 1.807) is 0 Å². The van der Waals surface area contributed by atoms with Gasteiger partial charge in [-0.15, -0.1) is 0 Å². The van der Waals surface area contributed by atoms with E-state index < -0.39 is 4.92 Å². The largest absolute Gasteiger partial charge is 0.470 e. The van der Waals surface area contributed by atoms with Crippen LogP contribution < -0.4 is 9.64 Å². The van der Waals surface area contributed by atoms with Crippen LogP contribution in [0.15, 0.2) is 5.16 Å². The zero-order valence-corrected chi connectivity index (χ0v) is 13.9. The summed E-state index contributed by atoms with van der Waals surface area (Å²) in [5.41, 5.74) is -0.131. The molecule has 0 unspecified atom stereocenters. The molecule has 1 fully saturated rings. The van der Waals surface area contributed by atoms with Crippen LogP contribution in [0.1, 0.15) is 13.8 Å². The molecule has 1 aliphatic heterocycles. The van der Waals surface area contributed by atoms with Gasteiger partial charge in [-0.05, 0) is 20.1 Å². The predicted octanol–water partition coefficient (Wildman–Crippen LogP) is 2.45. The van der Waals surface area contributed by atoms with Crippen molar-refractivity contribution >= 4 is 35.0 Å². The van der Waals surface area contributed by atoms with Crippen LogP contribution in [-0.4, -0.2) is 51.8 Å². The number of hydrogen-bond donors (Lipinski definition) is 0. The molecule has 0 aliphatic carbocycles. The first kappa shape index (κ1) is 16.2. The first-order valence-corrected chi connectivity index (χ1v) is 9.00. The molecule has 1 saturated heterocycles. The second-order valence-corrected chi connectivity index (χ2v) is 6.71. The van der Waals surface area contributed by atoms with Gasteiger partial charge < -0.3 is 9.64 Å². The lowest BCUT2D eigenvalue weighted by atomic mass is 10.3. The maximum atomic E-state index is 11.5. The van der Waals surface area contributed by atoms with Crippen LogP contribution in [0.4, 0.5) is 11.5 Å². The maximum Gasteiger partial charge on any atom is 0.373 e. The Morgan fingerprint density at radius 3 is 2.57 bits per heavy atom. The fourth-order valence-electron chi connectivity index (χ4n) is 1.96. The molecule has 9 heteroatoms.